The number of hydrogen-bond acceptors (Lipinski definition) is 2. The lowest BCUT2D eigenvalue weighted by molar-refractivity contribution is 0.581. The van der Waals surface area contributed by atoms with E-state index in [2.05, 4.69) is 9.97 Å². The third-order valence-electron chi connectivity index (χ3n) is 1.76. The molecule has 0 aliphatic carbocycles. The summed E-state index contributed by atoms with van der Waals surface area (Å²) >= 11 is 5.53. The zero-order valence-corrected chi connectivity index (χ0v) is 8.09. The Morgan fingerprint density at radius 2 is 1.93 bits per heavy atom. The van der Waals surface area contributed by atoms with Crippen LogP contribution in [0.3, 0.4) is 0 Å². The number of benzene rings is 1. The van der Waals surface area contributed by atoms with E-state index in [0.717, 1.165) is 6.07 Å². The molecule has 0 spiro atoms. The van der Waals surface area contributed by atoms with Gasteiger partial charge in [0.25, 0.3) is 0 Å². The molecule has 0 aliphatic heterocycles. The molecular formula is C10H4ClF2N2. The Bertz CT molecular complexity index is 485. The van der Waals surface area contributed by atoms with Gasteiger partial charge in [-0.15, -0.1) is 0 Å². The van der Waals surface area contributed by atoms with E-state index in [9.17, 15) is 8.78 Å². The van der Waals surface area contributed by atoms with Gasteiger partial charge < -0.3 is 0 Å². The van der Waals surface area contributed by atoms with Crippen molar-refractivity contribution in [3.05, 3.63) is 47.4 Å². The van der Waals surface area contributed by atoms with E-state index in [1.807, 2.05) is 6.07 Å². The van der Waals surface area contributed by atoms with Crippen molar-refractivity contribution in [1.29, 1.82) is 0 Å². The first-order valence-corrected chi connectivity index (χ1v) is 4.40. The quantitative estimate of drug-likeness (QED) is 0.746. The van der Waals surface area contributed by atoms with Gasteiger partial charge in [-0.05, 0) is 12.1 Å². The molecule has 1 aromatic heterocycles. The Balaban J connectivity index is 2.49. The first-order chi connectivity index (χ1) is 7.16. The van der Waals surface area contributed by atoms with Gasteiger partial charge in [0.15, 0.2) is 0 Å². The monoisotopic (exact) mass is 225 g/mol. The molecule has 0 fully saturated rings. The zero-order valence-electron chi connectivity index (χ0n) is 7.34. The lowest BCUT2D eigenvalue weighted by Gasteiger charge is -2.01. The average Bonchev–Trinajstić information content (AvgIpc) is 2.20. The van der Waals surface area contributed by atoms with Gasteiger partial charge in [-0.1, -0.05) is 11.6 Å². The van der Waals surface area contributed by atoms with E-state index in [1.165, 1.54) is 18.5 Å². The van der Waals surface area contributed by atoms with Gasteiger partial charge in [0, 0.05) is 5.56 Å². The standard InChI is InChI=1S/C10H4ClF2N2/c11-10-5-14-9(4-15-10)7-2-1-6(12)3-8(7)13/h1-2,4-5H. The molecular weight excluding hydrogens is 222 g/mol. The molecule has 0 amide bonds. The fraction of sp³-hybridized carbons (Fsp3) is 0. The van der Waals surface area contributed by atoms with Gasteiger partial charge in [0.1, 0.15) is 16.8 Å². The largest absolute Gasteiger partial charge is 0.251 e. The lowest BCUT2D eigenvalue weighted by Crippen LogP contribution is -1.90. The smallest absolute Gasteiger partial charge is 0.147 e. The summed E-state index contributed by atoms with van der Waals surface area (Å²) in [5, 5.41) is 0.213. The van der Waals surface area contributed by atoms with Crippen LogP contribution in [0.1, 0.15) is 0 Å². The molecule has 15 heavy (non-hydrogen) atoms. The van der Waals surface area contributed by atoms with Crippen molar-refractivity contribution in [1.82, 2.24) is 9.97 Å². The Morgan fingerprint density at radius 1 is 1.13 bits per heavy atom. The molecule has 0 saturated heterocycles. The van der Waals surface area contributed by atoms with Crippen molar-refractivity contribution in [3.8, 4) is 11.3 Å². The van der Waals surface area contributed by atoms with Crippen LogP contribution in [0.15, 0.2) is 24.5 Å². The number of nitrogens with zero attached hydrogens (tertiary/aromatic N) is 2. The van der Waals surface area contributed by atoms with Crippen LogP contribution in [0.2, 0.25) is 5.15 Å². The summed E-state index contributed by atoms with van der Waals surface area (Å²) in [7, 11) is 0. The number of aromatic nitrogens is 2. The maximum atomic E-state index is 13.2. The Morgan fingerprint density at radius 3 is 2.53 bits per heavy atom. The second kappa shape index (κ2) is 3.90. The van der Waals surface area contributed by atoms with Crippen LogP contribution >= 0.6 is 11.6 Å². The van der Waals surface area contributed by atoms with Gasteiger partial charge in [0.2, 0.25) is 0 Å². The molecule has 1 heterocycles. The van der Waals surface area contributed by atoms with Crippen molar-refractivity contribution in [2.24, 2.45) is 0 Å². The summed E-state index contributed by atoms with van der Waals surface area (Å²) in [6.45, 7) is 0. The van der Waals surface area contributed by atoms with Crippen molar-refractivity contribution >= 4 is 11.6 Å². The Labute approximate surface area is 89.6 Å². The predicted octanol–water partition coefficient (Wildman–Crippen LogP) is 2.88. The molecule has 2 nitrogen and oxygen atoms in total. The van der Waals surface area contributed by atoms with E-state index >= 15 is 0 Å². The Kier molecular flexibility index (Phi) is 2.60. The molecule has 75 valence electrons. The van der Waals surface area contributed by atoms with Crippen molar-refractivity contribution in [3.63, 3.8) is 0 Å². The third-order valence-corrected chi connectivity index (χ3v) is 1.95. The number of hydrogen-bond donors (Lipinski definition) is 0. The van der Waals surface area contributed by atoms with Crippen LogP contribution in [0.25, 0.3) is 11.3 Å². The van der Waals surface area contributed by atoms with E-state index < -0.39 is 11.6 Å². The summed E-state index contributed by atoms with van der Waals surface area (Å²) in [4.78, 5) is 7.61. The predicted molar refractivity (Wildman–Crippen MR) is 51.2 cm³/mol. The molecule has 2 aromatic rings. The highest BCUT2D eigenvalue weighted by Crippen LogP contribution is 2.20. The minimum atomic E-state index is -0.799. The third kappa shape index (κ3) is 2.10. The highest BCUT2D eigenvalue weighted by Gasteiger charge is 2.08. The van der Waals surface area contributed by atoms with Crippen LogP contribution in [-0.4, -0.2) is 9.97 Å². The summed E-state index contributed by atoms with van der Waals surface area (Å²) in [5.41, 5.74) is 0.425. The van der Waals surface area contributed by atoms with E-state index in [4.69, 9.17) is 11.6 Å². The molecule has 0 saturated carbocycles. The minimum absolute atomic E-state index is 0.139. The Hall–Kier alpha value is -1.55. The lowest BCUT2D eigenvalue weighted by atomic mass is 10.1. The average molecular weight is 226 g/mol. The number of halogens is 3. The molecule has 5 heteroatoms. The molecule has 0 bridgehead atoms. The van der Waals surface area contributed by atoms with E-state index in [-0.39, 0.29) is 16.4 Å². The van der Waals surface area contributed by atoms with Crippen LogP contribution in [0, 0.1) is 17.7 Å². The van der Waals surface area contributed by atoms with Crippen molar-refractivity contribution in [2.75, 3.05) is 0 Å². The normalized spacial score (nSPS) is 10.3. The van der Waals surface area contributed by atoms with Crippen molar-refractivity contribution < 1.29 is 8.78 Å². The SMILES string of the molecule is Fc1[c]c(F)c(-c2cnc(Cl)cn2)cc1. The van der Waals surface area contributed by atoms with Gasteiger partial charge in [-0.2, -0.15) is 0 Å². The number of rotatable bonds is 1. The van der Waals surface area contributed by atoms with Crippen LogP contribution < -0.4 is 0 Å². The first kappa shape index (κ1) is 9.98. The van der Waals surface area contributed by atoms with Crippen LogP contribution in [0.5, 0.6) is 0 Å². The van der Waals surface area contributed by atoms with E-state index in [1.54, 1.807) is 0 Å². The molecule has 1 radical (unpaired) electrons. The fourth-order valence-corrected chi connectivity index (χ4v) is 1.19. The van der Waals surface area contributed by atoms with Gasteiger partial charge >= 0.3 is 0 Å². The van der Waals surface area contributed by atoms with Gasteiger partial charge in [-0.25, -0.2) is 13.8 Å². The summed E-state index contributed by atoms with van der Waals surface area (Å²) in [5.74, 6) is -1.55. The van der Waals surface area contributed by atoms with Crippen LogP contribution in [-0.2, 0) is 0 Å². The molecule has 0 unspecified atom stereocenters. The minimum Gasteiger partial charge on any atom is -0.251 e. The highest BCUT2D eigenvalue weighted by molar-refractivity contribution is 6.29. The maximum absolute atomic E-state index is 13.2. The first-order valence-electron chi connectivity index (χ1n) is 4.02. The molecule has 0 N–H and O–H groups in total. The van der Waals surface area contributed by atoms with Crippen molar-refractivity contribution in [2.45, 2.75) is 0 Å². The van der Waals surface area contributed by atoms with Crippen LogP contribution in [0.4, 0.5) is 8.78 Å². The highest BCUT2D eigenvalue weighted by atomic mass is 35.5. The summed E-state index contributed by atoms with van der Waals surface area (Å²) < 4.78 is 25.8. The maximum Gasteiger partial charge on any atom is 0.147 e. The topological polar surface area (TPSA) is 25.8 Å². The summed E-state index contributed by atoms with van der Waals surface area (Å²) in [6.07, 6.45) is 2.60. The second-order valence-electron chi connectivity index (χ2n) is 2.76. The molecule has 0 aliphatic rings. The second-order valence-corrected chi connectivity index (χ2v) is 3.15. The molecule has 2 rings (SSSR count). The summed E-state index contributed by atoms with van der Waals surface area (Å²) in [6, 6.07) is 4.30. The zero-order chi connectivity index (χ0) is 10.8. The van der Waals surface area contributed by atoms with Gasteiger partial charge in [0.05, 0.1) is 24.2 Å². The molecule has 1 aromatic carbocycles. The van der Waals surface area contributed by atoms with Gasteiger partial charge in [-0.3, -0.25) is 4.98 Å². The fourth-order valence-electron chi connectivity index (χ4n) is 1.09. The van der Waals surface area contributed by atoms with E-state index in [0.29, 0.717) is 0 Å². The molecule has 0 atom stereocenters.